The van der Waals surface area contributed by atoms with E-state index >= 15 is 0 Å². The molecule has 8 heteroatoms. The van der Waals surface area contributed by atoms with Gasteiger partial charge in [0.25, 0.3) is 5.91 Å². The van der Waals surface area contributed by atoms with E-state index in [1.165, 1.54) is 0 Å². The van der Waals surface area contributed by atoms with Crippen LogP contribution in [-0.4, -0.2) is 39.0 Å². The average Bonchev–Trinajstić information content (AvgIpc) is 3.35. The summed E-state index contributed by atoms with van der Waals surface area (Å²) >= 11 is 1.58. The molecule has 0 radical (unpaired) electrons. The van der Waals surface area contributed by atoms with E-state index in [0.717, 1.165) is 42.2 Å². The van der Waals surface area contributed by atoms with Crippen molar-refractivity contribution in [2.45, 2.75) is 18.9 Å². The maximum absolute atomic E-state index is 12.4. The Bertz CT molecular complexity index is 836. The molecular weight excluding hydrogens is 336 g/mol. The maximum Gasteiger partial charge on any atom is 0.277 e. The number of nitrogens with zero attached hydrogens (tertiary/aromatic N) is 4. The molecule has 0 bridgehead atoms. The summed E-state index contributed by atoms with van der Waals surface area (Å²) in [6, 6.07) is 7.94. The van der Waals surface area contributed by atoms with E-state index in [1.54, 1.807) is 28.4 Å². The first-order valence-corrected chi connectivity index (χ1v) is 9.11. The molecule has 1 saturated heterocycles. The predicted octanol–water partition coefficient (Wildman–Crippen LogP) is 2.58. The molecule has 0 unspecified atom stereocenters. The highest BCUT2D eigenvalue weighted by atomic mass is 32.1. The molecule has 0 spiro atoms. The number of carbonyl (C=O) groups excluding carboxylic acids is 1. The SMILES string of the molecule is O=C(Nc1ccc(-c2nccs2)cc1)c1cn(C2CCNCC2)nn1. The Morgan fingerprint density at radius 3 is 2.76 bits per heavy atom. The lowest BCUT2D eigenvalue weighted by Gasteiger charge is -2.22. The van der Waals surface area contributed by atoms with Crippen LogP contribution in [0.3, 0.4) is 0 Å². The van der Waals surface area contributed by atoms with E-state index in [1.807, 2.05) is 29.6 Å². The Kier molecular flexibility index (Phi) is 4.53. The molecule has 0 saturated carbocycles. The average molecular weight is 354 g/mol. The lowest BCUT2D eigenvalue weighted by molar-refractivity contribution is 0.102. The van der Waals surface area contributed by atoms with Gasteiger partial charge in [-0.2, -0.15) is 0 Å². The third kappa shape index (κ3) is 3.59. The molecule has 25 heavy (non-hydrogen) atoms. The van der Waals surface area contributed by atoms with Crippen LogP contribution >= 0.6 is 11.3 Å². The number of piperidine rings is 1. The van der Waals surface area contributed by atoms with Gasteiger partial charge in [-0.15, -0.1) is 16.4 Å². The van der Waals surface area contributed by atoms with E-state index in [-0.39, 0.29) is 5.91 Å². The summed E-state index contributed by atoms with van der Waals surface area (Å²) < 4.78 is 1.81. The number of hydrogen-bond donors (Lipinski definition) is 2. The monoisotopic (exact) mass is 354 g/mol. The molecular formula is C17H18N6OS. The molecule has 1 fully saturated rings. The third-order valence-electron chi connectivity index (χ3n) is 4.25. The zero-order chi connectivity index (χ0) is 17.1. The number of rotatable bonds is 4. The molecule has 128 valence electrons. The van der Waals surface area contributed by atoms with E-state index < -0.39 is 0 Å². The number of nitrogens with one attached hydrogen (secondary N) is 2. The second-order valence-corrected chi connectivity index (χ2v) is 6.83. The Labute approximate surface area is 149 Å². The third-order valence-corrected chi connectivity index (χ3v) is 5.07. The fourth-order valence-corrected chi connectivity index (χ4v) is 3.53. The van der Waals surface area contributed by atoms with Gasteiger partial charge in [-0.25, -0.2) is 9.67 Å². The summed E-state index contributed by atoms with van der Waals surface area (Å²) in [4.78, 5) is 16.7. The topological polar surface area (TPSA) is 84.7 Å². The second-order valence-electron chi connectivity index (χ2n) is 5.93. The summed E-state index contributed by atoms with van der Waals surface area (Å²) in [6.45, 7) is 1.94. The van der Waals surface area contributed by atoms with E-state index in [0.29, 0.717) is 11.7 Å². The molecule has 4 rings (SSSR count). The summed E-state index contributed by atoms with van der Waals surface area (Å²) in [5.74, 6) is -0.248. The quantitative estimate of drug-likeness (QED) is 0.752. The molecule has 2 aromatic heterocycles. The van der Waals surface area contributed by atoms with Crippen molar-refractivity contribution in [2.24, 2.45) is 0 Å². The van der Waals surface area contributed by atoms with Gasteiger partial charge in [0, 0.05) is 22.8 Å². The van der Waals surface area contributed by atoms with Crippen molar-refractivity contribution >= 4 is 22.9 Å². The van der Waals surface area contributed by atoms with Crippen molar-refractivity contribution in [3.05, 3.63) is 47.7 Å². The molecule has 3 heterocycles. The zero-order valence-corrected chi connectivity index (χ0v) is 14.4. The molecule has 1 aliphatic heterocycles. The van der Waals surface area contributed by atoms with Gasteiger partial charge in [-0.05, 0) is 50.2 Å². The molecule has 1 aliphatic rings. The highest BCUT2D eigenvalue weighted by Gasteiger charge is 2.18. The fraction of sp³-hybridized carbons (Fsp3) is 0.294. The fourth-order valence-electron chi connectivity index (χ4n) is 2.89. The van der Waals surface area contributed by atoms with Crippen LogP contribution in [0.4, 0.5) is 5.69 Å². The molecule has 0 atom stereocenters. The first-order chi connectivity index (χ1) is 12.3. The van der Waals surface area contributed by atoms with Gasteiger partial charge in [-0.1, -0.05) is 5.21 Å². The molecule has 0 aliphatic carbocycles. The lowest BCUT2D eigenvalue weighted by Crippen LogP contribution is -2.29. The summed E-state index contributed by atoms with van der Waals surface area (Å²) in [5.41, 5.74) is 2.09. The van der Waals surface area contributed by atoms with Crippen molar-refractivity contribution in [2.75, 3.05) is 18.4 Å². The van der Waals surface area contributed by atoms with Crippen molar-refractivity contribution in [3.8, 4) is 10.6 Å². The summed E-state index contributed by atoms with van der Waals surface area (Å²) in [7, 11) is 0. The maximum atomic E-state index is 12.4. The van der Waals surface area contributed by atoms with Crippen LogP contribution in [0.15, 0.2) is 42.0 Å². The highest BCUT2D eigenvalue weighted by Crippen LogP contribution is 2.23. The normalized spacial score (nSPS) is 15.2. The second kappa shape index (κ2) is 7.12. The number of aromatic nitrogens is 4. The van der Waals surface area contributed by atoms with Crippen LogP contribution in [0, 0.1) is 0 Å². The van der Waals surface area contributed by atoms with Crippen LogP contribution in [0.25, 0.3) is 10.6 Å². The van der Waals surface area contributed by atoms with E-state index in [9.17, 15) is 4.79 Å². The van der Waals surface area contributed by atoms with Crippen LogP contribution < -0.4 is 10.6 Å². The van der Waals surface area contributed by atoms with Gasteiger partial charge in [-0.3, -0.25) is 4.79 Å². The minimum Gasteiger partial charge on any atom is -0.321 e. The molecule has 1 amide bonds. The molecule has 3 aromatic rings. The smallest absolute Gasteiger partial charge is 0.277 e. The van der Waals surface area contributed by atoms with Crippen molar-refractivity contribution in [1.82, 2.24) is 25.3 Å². The number of thiazole rings is 1. The highest BCUT2D eigenvalue weighted by molar-refractivity contribution is 7.13. The molecule has 7 nitrogen and oxygen atoms in total. The van der Waals surface area contributed by atoms with Gasteiger partial charge in [0.1, 0.15) is 5.01 Å². The Hall–Kier alpha value is -2.58. The zero-order valence-electron chi connectivity index (χ0n) is 13.6. The van der Waals surface area contributed by atoms with Gasteiger partial charge >= 0.3 is 0 Å². The van der Waals surface area contributed by atoms with Crippen molar-refractivity contribution in [3.63, 3.8) is 0 Å². The van der Waals surface area contributed by atoms with E-state index in [4.69, 9.17) is 0 Å². The Balaban J connectivity index is 1.42. The first-order valence-electron chi connectivity index (χ1n) is 8.23. The van der Waals surface area contributed by atoms with Gasteiger partial charge < -0.3 is 10.6 Å². The summed E-state index contributed by atoms with van der Waals surface area (Å²) in [5, 5.41) is 17.2. The minimum absolute atomic E-state index is 0.248. The molecule has 1 aromatic carbocycles. The lowest BCUT2D eigenvalue weighted by atomic mass is 10.1. The van der Waals surface area contributed by atoms with Crippen LogP contribution in [0.5, 0.6) is 0 Å². The van der Waals surface area contributed by atoms with Crippen molar-refractivity contribution in [1.29, 1.82) is 0 Å². The van der Waals surface area contributed by atoms with Crippen LogP contribution in [0.1, 0.15) is 29.4 Å². The van der Waals surface area contributed by atoms with Gasteiger partial charge in [0.15, 0.2) is 5.69 Å². The van der Waals surface area contributed by atoms with Crippen LogP contribution in [-0.2, 0) is 0 Å². The number of anilines is 1. The predicted molar refractivity (Wildman–Crippen MR) is 96.7 cm³/mol. The minimum atomic E-state index is -0.248. The number of hydrogen-bond acceptors (Lipinski definition) is 6. The Morgan fingerprint density at radius 2 is 2.04 bits per heavy atom. The standard InChI is InChI=1S/C17H18N6OS/c24-16(15-11-23(22-21-15)14-5-7-18-8-6-14)20-13-3-1-12(2-4-13)17-19-9-10-25-17/h1-4,9-11,14,18H,5-8H2,(H,20,24). The molecule has 2 N–H and O–H groups in total. The van der Waals surface area contributed by atoms with Crippen LogP contribution in [0.2, 0.25) is 0 Å². The number of benzene rings is 1. The number of carbonyl (C=O) groups is 1. The first kappa shape index (κ1) is 15.9. The summed E-state index contributed by atoms with van der Waals surface area (Å²) in [6.07, 6.45) is 5.52. The number of amides is 1. The van der Waals surface area contributed by atoms with E-state index in [2.05, 4.69) is 25.9 Å². The van der Waals surface area contributed by atoms with Crippen molar-refractivity contribution < 1.29 is 4.79 Å². The van der Waals surface area contributed by atoms with Gasteiger partial charge in [0.05, 0.1) is 12.2 Å². The Morgan fingerprint density at radius 1 is 1.24 bits per heavy atom. The largest absolute Gasteiger partial charge is 0.321 e. The van der Waals surface area contributed by atoms with Gasteiger partial charge in [0.2, 0.25) is 0 Å².